The van der Waals surface area contributed by atoms with Gasteiger partial charge in [0.1, 0.15) is 0 Å². The van der Waals surface area contributed by atoms with Gasteiger partial charge in [-0.1, -0.05) is 5.16 Å². The van der Waals surface area contributed by atoms with Crippen molar-refractivity contribution in [2.45, 2.75) is 44.0 Å². The molecule has 9 heteroatoms. The second kappa shape index (κ2) is 6.72. The molecule has 1 aromatic heterocycles. The molecule has 3 heterocycles. The van der Waals surface area contributed by atoms with Gasteiger partial charge in [0.2, 0.25) is 15.9 Å². The number of carbonyl (C=O) groups excluding carboxylic acids is 1. The van der Waals surface area contributed by atoms with Crippen molar-refractivity contribution in [3.8, 4) is 0 Å². The fourth-order valence-corrected chi connectivity index (χ4v) is 6.63. The number of rotatable bonds is 3. The van der Waals surface area contributed by atoms with Crippen molar-refractivity contribution in [3.05, 3.63) is 39.7 Å². The summed E-state index contributed by atoms with van der Waals surface area (Å²) in [6.45, 7) is 4.30. The molecule has 144 valence electrons. The van der Waals surface area contributed by atoms with Gasteiger partial charge in [0.15, 0.2) is 5.76 Å². The molecule has 27 heavy (non-hydrogen) atoms. The number of hydrogen-bond donors (Lipinski definition) is 0. The van der Waals surface area contributed by atoms with Crippen molar-refractivity contribution in [2.24, 2.45) is 0 Å². The minimum absolute atomic E-state index is 0.0874. The maximum Gasteiger partial charge on any atom is 0.244 e. The highest BCUT2D eigenvalue weighted by molar-refractivity contribution is 9.10. The lowest BCUT2D eigenvalue weighted by atomic mass is 10.2. The smallest absolute Gasteiger partial charge is 0.244 e. The lowest BCUT2D eigenvalue weighted by Crippen LogP contribution is -2.31. The molecule has 2 aromatic rings. The second-order valence-electron chi connectivity index (χ2n) is 6.98. The lowest BCUT2D eigenvalue weighted by Gasteiger charge is -2.24. The Morgan fingerprint density at radius 1 is 1.30 bits per heavy atom. The third kappa shape index (κ3) is 3.11. The second-order valence-corrected chi connectivity index (χ2v) is 9.69. The maximum absolute atomic E-state index is 13.5. The standard InChI is InChI=1S/C18H20BrN3O4S/c1-11-8-17(26-20-11)15-4-3-6-22(15)27(24,25)18-10-16-13(9-14(18)19)5-7-21(16)12(2)23/h8-10,15H,3-7H2,1-2H3/t15-/m1/s1. The number of carbonyl (C=O) groups is 1. The Morgan fingerprint density at radius 2 is 2.07 bits per heavy atom. The molecule has 0 saturated carbocycles. The summed E-state index contributed by atoms with van der Waals surface area (Å²) in [6, 6.07) is 4.85. The van der Waals surface area contributed by atoms with Crippen LogP contribution in [0.5, 0.6) is 0 Å². The van der Waals surface area contributed by atoms with Crippen LogP contribution in [-0.4, -0.2) is 36.9 Å². The van der Waals surface area contributed by atoms with Crippen LogP contribution in [0.3, 0.4) is 0 Å². The summed E-state index contributed by atoms with van der Waals surface area (Å²) in [7, 11) is -3.77. The molecule has 0 radical (unpaired) electrons. The number of nitrogens with zero attached hydrogens (tertiary/aromatic N) is 3. The number of aryl methyl sites for hydroxylation is 1. The van der Waals surface area contributed by atoms with Crippen LogP contribution < -0.4 is 4.90 Å². The average molecular weight is 454 g/mol. The minimum Gasteiger partial charge on any atom is -0.359 e. The Labute approximate surface area is 166 Å². The fraction of sp³-hybridized carbons (Fsp3) is 0.444. The molecule has 2 aliphatic rings. The Morgan fingerprint density at radius 3 is 2.74 bits per heavy atom. The van der Waals surface area contributed by atoms with Crippen molar-refractivity contribution in [1.29, 1.82) is 0 Å². The normalized spacial score (nSPS) is 20.3. The molecule has 1 atom stereocenters. The molecule has 1 saturated heterocycles. The molecule has 7 nitrogen and oxygen atoms in total. The fourth-order valence-electron chi connectivity index (χ4n) is 3.89. The summed E-state index contributed by atoms with van der Waals surface area (Å²) in [5.74, 6) is 0.479. The molecule has 2 aliphatic heterocycles. The number of amides is 1. The lowest BCUT2D eigenvalue weighted by molar-refractivity contribution is -0.116. The summed E-state index contributed by atoms with van der Waals surface area (Å²) in [6.07, 6.45) is 2.17. The summed E-state index contributed by atoms with van der Waals surface area (Å²) in [5.41, 5.74) is 2.38. The molecule has 0 unspecified atom stereocenters. The molecule has 1 aromatic carbocycles. The Balaban J connectivity index is 1.76. The third-order valence-electron chi connectivity index (χ3n) is 5.17. The van der Waals surface area contributed by atoms with Crippen LogP contribution in [-0.2, 0) is 21.2 Å². The number of aromatic nitrogens is 1. The van der Waals surface area contributed by atoms with E-state index in [4.69, 9.17) is 4.52 Å². The van der Waals surface area contributed by atoms with E-state index in [1.165, 1.54) is 11.2 Å². The molecular formula is C18H20BrN3O4S. The number of benzene rings is 1. The van der Waals surface area contributed by atoms with Crippen LogP contribution in [0.1, 0.15) is 42.8 Å². The zero-order valence-electron chi connectivity index (χ0n) is 15.1. The van der Waals surface area contributed by atoms with Crippen molar-refractivity contribution in [2.75, 3.05) is 18.0 Å². The average Bonchev–Trinajstić information content (AvgIpc) is 3.31. The van der Waals surface area contributed by atoms with Gasteiger partial charge in [0, 0.05) is 36.2 Å². The molecule has 4 rings (SSSR count). The zero-order valence-corrected chi connectivity index (χ0v) is 17.5. The highest BCUT2D eigenvalue weighted by Gasteiger charge is 2.40. The first-order valence-corrected chi connectivity index (χ1v) is 11.1. The largest absolute Gasteiger partial charge is 0.359 e. The van der Waals surface area contributed by atoms with Gasteiger partial charge in [-0.2, -0.15) is 4.31 Å². The first-order chi connectivity index (χ1) is 12.8. The molecule has 0 N–H and O–H groups in total. The highest BCUT2D eigenvalue weighted by Crippen LogP contribution is 2.41. The van der Waals surface area contributed by atoms with E-state index in [0.29, 0.717) is 35.4 Å². The van der Waals surface area contributed by atoms with E-state index in [-0.39, 0.29) is 16.8 Å². The topological polar surface area (TPSA) is 83.7 Å². The molecule has 0 aliphatic carbocycles. The summed E-state index contributed by atoms with van der Waals surface area (Å²) < 4.78 is 34.2. The zero-order chi connectivity index (χ0) is 19.3. The van der Waals surface area contributed by atoms with E-state index in [2.05, 4.69) is 21.1 Å². The Bertz CT molecular complexity index is 1020. The Hall–Kier alpha value is -1.71. The van der Waals surface area contributed by atoms with Crippen LogP contribution in [0, 0.1) is 6.92 Å². The monoisotopic (exact) mass is 453 g/mol. The van der Waals surface area contributed by atoms with Crippen LogP contribution in [0.15, 0.2) is 32.1 Å². The van der Waals surface area contributed by atoms with Crippen molar-refractivity contribution >= 4 is 37.5 Å². The molecule has 1 amide bonds. The molecule has 0 bridgehead atoms. The van der Waals surface area contributed by atoms with Gasteiger partial charge in [-0.3, -0.25) is 4.79 Å². The first-order valence-electron chi connectivity index (χ1n) is 8.84. The van der Waals surface area contributed by atoms with Crippen LogP contribution in [0.25, 0.3) is 0 Å². The van der Waals surface area contributed by atoms with Crippen molar-refractivity contribution in [1.82, 2.24) is 9.46 Å². The first kappa shape index (κ1) is 18.6. The van der Waals surface area contributed by atoms with Gasteiger partial charge < -0.3 is 9.42 Å². The van der Waals surface area contributed by atoms with E-state index in [9.17, 15) is 13.2 Å². The van der Waals surface area contributed by atoms with Gasteiger partial charge >= 0.3 is 0 Å². The summed E-state index contributed by atoms with van der Waals surface area (Å²) in [5, 5.41) is 3.89. The van der Waals surface area contributed by atoms with E-state index in [1.807, 2.05) is 13.0 Å². The molecule has 1 fully saturated rings. The Kier molecular flexibility index (Phi) is 4.64. The van der Waals surface area contributed by atoms with Gasteiger partial charge in [-0.25, -0.2) is 8.42 Å². The van der Waals surface area contributed by atoms with Crippen molar-refractivity contribution in [3.63, 3.8) is 0 Å². The van der Waals surface area contributed by atoms with Gasteiger partial charge in [0.25, 0.3) is 0 Å². The van der Waals surface area contributed by atoms with Crippen LogP contribution in [0.4, 0.5) is 5.69 Å². The summed E-state index contributed by atoms with van der Waals surface area (Å²) in [4.78, 5) is 13.7. The summed E-state index contributed by atoms with van der Waals surface area (Å²) >= 11 is 3.43. The van der Waals surface area contributed by atoms with Gasteiger partial charge in [0.05, 0.1) is 16.6 Å². The maximum atomic E-state index is 13.5. The van der Waals surface area contributed by atoms with Crippen LogP contribution in [0.2, 0.25) is 0 Å². The SMILES string of the molecule is CC(=O)N1CCc2cc(Br)c(S(=O)(=O)N3CCC[C@@H]3c3cc(C)no3)cc21. The molecule has 0 spiro atoms. The number of anilines is 1. The van der Waals surface area contributed by atoms with E-state index in [0.717, 1.165) is 24.1 Å². The predicted octanol–water partition coefficient (Wildman–Crippen LogP) is 3.18. The quantitative estimate of drug-likeness (QED) is 0.712. The number of hydrogen-bond acceptors (Lipinski definition) is 5. The van der Waals surface area contributed by atoms with Gasteiger partial charge in [-0.15, -0.1) is 0 Å². The third-order valence-corrected chi connectivity index (χ3v) is 8.04. The van der Waals surface area contributed by atoms with Crippen LogP contribution >= 0.6 is 15.9 Å². The molecular weight excluding hydrogens is 434 g/mol. The predicted molar refractivity (Wildman–Crippen MR) is 103 cm³/mol. The number of fused-ring (bicyclic) bond motifs is 1. The van der Waals surface area contributed by atoms with E-state index in [1.54, 1.807) is 17.0 Å². The van der Waals surface area contributed by atoms with Gasteiger partial charge in [-0.05, 0) is 59.8 Å². The minimum atomic E-state index is -3.77. The van der Waals surface area contributed by atoms with Crippen molar-refractivity contribution < 1.29 is 17.7 Å². The van der Waals surface area contributed by atoms with E-state index < -0.39 is 10.0 Å². The number of sulfonamides is 1. The number of halogens is 1. The highest BCUT2D eigenvalue weighted by atomic mass is 79.9. The van der Waals surface area contributed by atoms with E-state index >= 15 is 0 Å².